The number of halogens is 1. The number of aryl methyl sites for hydroxylation is 1. The van der Waals surface area contributed by atoms with Gasteiger partial charge in [-0.15, -0.1) is 10.2 Å². The van der Waals surface area contributed by atoms with E-state index in [0.29, 0.717) is 16.7 Å². The summed E-state index contributed by atoms with van der Waals surface area (Å²) in [5.74, 6) is 0.937. The van der Waals surface area contributed by atoms with Crippen LogP contribution in [0.15, 0.2) is 53.7 Å². The molecule has 0 unspecified atom stereocenters. The summed E-state index contributed by atoms with van der Waals surface area (Å²) in [6.07, 6.45) is 0. The lowest BCUT2D eigenvalue weighted by Crippen LogP contribution is -2.14. The summed E-state index contributed by atoms with van der Waals surface area (Å²) in [4.78, 5) is 12.2. The summed E-state index contributed by atoms with van der Waals surface area (Å²) in [5.41, 5.74) is 2.85. The van der Waals surface area contributed by atoms with Gasteiger partial charge in [-0.3, -0.25) is 4.79 Å². The van der Waals surface area contributed by atoms with Gasteiger partial charge in [0.15, 0.2) is 11.0 Å². The first-order valence-electron chi connectivity index (χ1n) is 8.25. The van der Waals surface area contributed by atoms with Crippen molar-refractivity contribution in [3.05, 3.63) is 59.1 Å². The average Bonchev–Trinajstić information content (AvgIpc) is 3.05. The Hall–Kier alpha value is -2.31. The van der Waals surface area contributed by atoms with Crippen molar-refractivity contribution in [3.63, 3.8) is 0 Å². The molecule has 0 fully saturated rings. The van der Waals surface area contributed by atoms with E-state index in [4.69, 9.17) is 11.6 Å². The molecule has 0 aliphatic heterocycles. The zero-order valence-electron chi connectivity index (χ0n) is 14.6. The highest BCUT2D eigenvalue weighted by atomic mass is 35.5. The van der Waals surface area contributed by atoms with E-state index < -0.39 is 0 Å². The van der Waals surface area contributed by atoms with Gasteiger partial charge in [0.25, 0.3) is 0 Å². The Kier molecular flexibility index (Phi) is 5.96. The van der Waals surface area contributed by atoms with Crippen LogP contribution < -0.4 is 5.32 Å². The third kappa shape index (κ3) is 4.45. The summed E-state index contributed by atoms with van der Waals surface area (Å²) < 4.78 is 1.98. The van der Waals surface area contributed by atoms with Crippen LogP contribution in [0.3, 0.4) is 0 Å². The van der Waals surface area contributed by atoms with E-state index in [2.05, 4.69) is 15.5 Å². The minimum absolute atomic E-state index is 0.0752. The Morgan fingerprint density at radius 3 is 2.65 bits per heavy atom. The van der Waals surface area contributed by atoms with E-state index >= 15 is 0 Å². The van der Waals surface area contributed by atoms with Crippen molar-refractivity contribution in [1.82, 2.24) is 14.8 Å². The number of nitrogens with zero attached hydrogens (tertiary/aromatic N) is 3. The minimum Gasteiger partial charge on any atom is -0.325 e. The van der Waals surface area contributed by atoms with Gasteiger partial charge in [-0.1, -0.05) is 53.2 Å². The fourth-order valence-corrected chi connectivity index (χ4v) is 3.48. The zero-order chi connectivity index (χ0) is 18.5. The van der Waals surface area contributed by atoms with Gasteiger partial charge in [0.1, 0.15) is 0 Å². The van der Waals surface area contributed by atoms with E-state index in [0.717, 1.165) is 22.6 Å². The first-order chi connectivity index (χ1) is 12.6. The molecule has 2 aromatic carbocycles. The van der Waals surface area contributed by atoms with Gasteiger partial charge in [-0.25, -0.2) is 0 Å². The van der Waals surface area contributed by atoms with Gasteiger partial charge in [0.05, 0.1) is 5.75 Å². The van der Waals surface area contributed by atoms with Gasteiger partial charge in [-0.2, -0.15) is 0 Å². The molecule has 0 atom stereocenters. The van der Waals surface area contributed by atoms with Crippen molar-refractivity contribution >= 4 is 35.0 Å². The minimum atomic E-state index is -0.0752. The molecule has 0 saturated carbocycles. The Morgan fingerprint density at radius 2 is 1.96 bits per heavy atom. The topological polar surface area (TPSA) is 59.8 Å². The van der Waals surface area contributed by atoms with E-state index in [1.54, 1.807) is 0 Å². The van der Waals surface area contributed by atoms with Crippen LogP contribution in [-0.2, 0) is 11.3 Å². The second-order valence-electron chi connectivity index (χ2n) is 5.76. The quantitative estimate of drug-likeness (QED) is 0.626. The summed E-state index contributed by atoms with van der Waals surface area (Å²) in [6, 6.07) is 15.2. The zero-order valence-corrected chi connectivity index (χ0v) is 16.1. The second-order valence-corrected chi connectivity index (χ2v) is 7.14. The number of nitrogens with one attached hydrogen (secondary N) is 1. The summed E-state index contributed by atoms with van der Waals surface area (Å²) >= 11 is 7.44. The van der Waals surface area contributed by atoms with Gasteiger partial charge in [-0.05, 0) is 38.1 Å². The SMILES string of the molecule is CCn1c(SCC(=O)Nc2ccc(C)cc2)nnc1-c1cccc(Cl)c1. The highest BCUT2D eigenvalue weighted by molar-refractivity contribution is 7.99. The molecule has 0 radical (unpaired) electrons. The first kappa shape index (κ1) is 18.5. The molecule has 0 spiro atoms. The molecule has 3 rings (SSSR count). The Bertz CT molecular complexity index is 908. The molecule has 5 nitrogen and oxygen atoms in total. The predicted molar refractivity (Wildman–Crippen MR) is 107 cm³/mol. The van der Waals surface area contributed by atoms with E-state index in [-0.39, 0.29) is 11.7 Å². The first-order valence-corrected chi connectivity index (χ1v) is 9.61. The Labute approximate surface area is 161 Å². The van der Waals surface area contributed by atoms with Crippen molar-refractivity contribution in [2.24, 2.45) is 0 Å². The smallest absolute Gasteiger partial charge is 0.234 e. The number of benzene rings is 2. The van der Waals surface area contributed by atoms with Crippen LogP contribution in [0.1, 0.15) is 12.5 Å². The van der Waals surface area contributed by atoms with Crippen molar-refractivity contribution < 1.29 is 4.79 Å². The summed E-state index contributed by atoms with van der Waals surface area (Å²) in [5, 5.41) is 12.8. The van der Waals surface area contributed by atoms with Crippen LogP contribution in [0.4, 0.5) is 5.69 Å². The van der Waals surface area contributed by atoms with E-state index in [1.165, 1.54) is 11.8 Å². The number of hydrogen-bond donors (Lipinski definition) is 1. The van der Waals surface area contributed by atoms with Crippen molar-refractivity contribution in [2.45, 2.75) is 25.5 Å². The second kappa shape index (κ2) is 8.38. The van der Waals surface area contributed by atoms with Crippen LogP contribution in [0.25, 0.3) is 11.4 Å². The highest BCUT2D eigenvalue weighted by Crippen LogP contribution is 2.25. The molecule has 1 amide bonds. The lowest BCUT2D eigenvalue weighted by Gasteiger charge is -2.08. The van der Waals surface area contributed by atoms with Crippen molar-refractivity contribution in [1.29, 1.82) is 0 Å². The third-order valence-corrected chi connectivity index (χ3v) is 4.99. The van der Waals surface area contributed by atoms with Gasteiger partial charge in [0.2, 0.25) is 5.91 Å². The van der Waals surface area contributed by atoms with Crippen molar-refractivity contribution in [2.75, 3.05) is 11.1 Å². The number of aromatic nitrogens is 3. The van der Waals surface area contributed by atoms with Crippen molar-refractivity contribution in [3.8, 4) is 11.4 Å². The molecule has 1 heterocycles. The van der Waals surface area contributed by atoms with Crippen LogP contribution in [0.2, 0.25) is 5.02 Å². The molecule has 3 aromatic rings. The van der Waals surface area contributed by atoms with Crippen LogP contribution in [0, 0.1) is 6.92 Å². The monoisotopic (exact) mass is 386 g/mol. The Balaban J connectivity index is 1.68. The lowest BCUT2D eigenvalue weighted by molar-refractivity contribution is -0.113. The predicted octanol–water partition coefficient (Wildman–Crippen LogP) is 4.66. The summed E-state index contributed by atoms with van der Waals surface area (Å²) in [6.45, 7) is 4.74. The largest absolute Gasteiger partial charge is 0.325 e. The van der Waals surface area contributed by atoms with Gasteiger partial charge >= 0.3 is 0 Å². The molecule has 134 valence electrons. The molecular formula is C19H19ClN4OS. The average molecular weight is 387 g/mol. The number of rotatable bonds is 6. The number of amides is 1. The standard InChI is InChI=1S/C19H19ClN4OS/c1-3-24-18(14-5-4-6-15(20)11-14)22-23-19(24)26-12-17(25)21-16-9-7-13(2)8-10-16/h4-11H,3,12H2,1-2H3,(H,21,25). The molecule has 0 saturated heterocycles. The summed E-state index contributed by atoms with van der Waals surface area (Å²) in [7, 11) is 0. The van der Waals surface area contributed by atoms with Crippen LogP contribution in [-0.4, -0.2) is 26.4 Å². The molecule has 1 N–H and O–H groups in total. The molecule has 0 aliphatic rings. The fraction of sp³-hybridized carbons (Fsp3) is 0.211. The maximum Gasteiger partial charge on any atom is 0.234 e. The number of thioether (sulfide) groups is 1. The normalized spacial score (nSPS) is 10.7. The Morgan fingerprint density at radius 1 is 1.19 bits per heavy atom. The molecule has 1 aromatic heterocycles. The van der Waals surface area contributed by atoms with Crippen LogP contribution >= 0.6 is 23.4 Å². The van der Waals surface area contributed by atoms with Crippen LogP contribution in [0.5, 0.6) is 0 Å². The van der Waals surface area contributed by atoms with E-state index in [9.17, 15) is 4.79 Å². The molecular weight excluding hydrogens is 368 g/mol. The number of anilines is 1. The van der Waals surface area contributed by atoms with Gasteiger partial charge in [0, 0.05) is 22.8 Å². The molecule has 7 heteroatoms. The number of carbonyl (C=O) groups excluding carboxylic acids is 1. The maximum atomic E-state index is 12.2. The molecule has 26 heavy (non-hydrogen) atoms. The number of carbonyl (C=O) groups is 1. The fourth-order valence-electron chi connectivity index (χ4n) is 2.49. The molecule has 0 aliphatic carbocycles. The molecule has 0 bridgehead atoms. The third-order valence-electron chi connectivity index (χ3n) is 3.78. The van der Waals surface area contributed by atoms with E-state index in [1.807, 2.05) is 66.9 Å². The highest BCUT2D eigenvalue weighted by Gasteiger charge is 2.15. The maximum absolute atomic E-state index is 12.2. The van der Waals surface area contributed by atoms with Gasteiger partial charge < -0.3 is 9.88 Å². The number of hydrogen-bond acceptors (Lipinski definition) is 4. The lowest BCUT2D eigenvalue weighted by atomic mass is 10.2.